The van der Waals surface area contributed by atoms with Crippen LogP contribution in [0, 0.1) is 23.2 Å². The Balaban J connectivity index is 1.06. The summed E-state index contributed by atoms with van der Waals surface area (Å²) in [4.78, 5) is 34.3. The van der Waals surface area contributed by atoms with Crippen molar-refractivity contribution in [2.75, 3.05) is 10.6 Å². The van der Waals surface area contributed by atoms with E-state index in [0.29, 0.717) is 21.6 Å². The predicted octanol–water partition coefficient (Wildman–Crippen LogP) is 7.94. The molecule has 3 N–H and O–H groups in total. The van der Waals surface area contributed by atoms with Gasteiger partial charge in [0.25, 0.3) is 5.91 Å². The molecular weight excluding hydrogens is 531 g/mol. The lowest BCUT2D eigenvalue weighted by molar-refractivity contribution is -0.140. The fourth-order valence-corrected chi connectivity index (χ4v) is 8.07. The Morgan fingerprint density at radius 1 is 0.821 bits per heavy atom. The number of rotatable bonds is 5. The molecular formula is C31H28Cl2N4O2. The number of carbonyl (C=O) groups is 2. The average molecular weight is 559 g/mol. The molecule has 4 aliphatic rings. The highest BCUT2D eigenvalue weighted by atomic mass is 35.5. The number of H-pyrrole nitrogens is 1. The van der Waals surface area contributed by atoms with Crippen molar-refractivity contribution < 1.29 is 9.59 Å². The fraction of sp³-hybridized carbons (Fsp3) is 0.323. The number of aromatic amines is 1. The fourth-order valence-electron chi connectivity index (χ4n) is 7.50. The first-order chi connectivity index (χ1) is 18.8. The van der Waals surface area contributed by atoms with E-state index >= 15 is 0 Å². The number of imidazole rings is 1. The highest BCUT2D eigenvalue weighted by Gasteiger charge is 2.54. The number of anilines is 2. The van der Waals surface area contributed by atoms with Gasteiger partial charge in [-0.25, -0.2) is 4.98 Å². The lowest BCUT2D eigenvalue weighted by atomic mass is 9.49. The van der Waals surface area contributed by atoms with Gasteiger partial charge in [0.05, 0.1) is 32.1 Å². The highest BCUT2D eigenvalue weighted by Crippen LogP contribution is 2.60. The summed E-state index contributed by atoms with van der Waals surface area (Å²) in [6, 6.07) is 18.2. The van der Waals surface area contributed by atoms with Crippen LogP contribution in [-0.4, -0.2) is 21.8 Å². The van der Waals surface area contributed by atoms with Crippen molar-refractivity contribution in [3.63, 3.8) is 0 Å². The molecule has 0 aliphatic heterocycles. The molecule has 0 saturated heterocycles. The van der Waals surface area contributed by atoms with Crippen LogP contribution >= 0.6 is 23.2 Å². The summed E-state index contributed by atoms with van der Waals surface area (Å²) in [5.74, 6) is 2.72. The molecule has 1 aromatic heterocycles. The smallest absolute Gasteiger partial charge is 0.258 e. The number of hydrogen-bond acceptors (Lipinski definition) is 3. The summed E-state index contributed by atoms with van der Waals surface area (Å²) in [6.07, 6.45) is 7.09. The zero-order chi connectivity index (χ0) is 26.7. The van der Waals surface area contributed by atoms with E-state index in [-0.39, 0.29) is 22.8 Å². The van der Waals surface area contributed by atoms with Crippen molar-refractivity contribution in [1.82, 2.24) is 9.97 Å². The Morgan fingerprint density at radius 2 is 1.44 bits per heavy atom. The first-order valence-electron chi connectivity index (χ1n) is 13.5. The summed E-state index contributed by atoms with van der Waals surface area (Å²) in [5, 5.41) is 6.68. The van der Waals surface area contributed by atoms with Crippen LogP contribution in [0.1, 0.15) is 48.9 Å². The first kappa shape index (κ1) is 24.7. The lowest BCUT2D eigenvalue weighted by Gasteiger charge is -2.55. The van der Waals surface area contributed by atoms with Crippen LogP contribution in [0.4, 0.5) is 11.4 Å². The van der Waals surface area contributed by atoms with E-state index in [0.717, 1.165) is 59.3 Å². The highest BCUT2D eigenvalue weighted by molar-refractivity contribution is 6.40. The predicted molar refractivity (Wildman–Crippen MR) is 155 cm³/mol. The number of benzene rings is 3. The number of nitrogens with one attached hydrogen (secondary N) is 3. The van der Waals surface area contributed by atoms with E-state index in [1.807, 2.05) is 42.5 Å². The number of halogens is 2. The number of aromatic nitrogens is 2. The van der Waals surface area contributed by atoms with E-state index in [9.17, 15) is 9.59 Å². The summed E-state index contributed by atoms with van der Waals surface area (Å²) < 4.78 is 0. The number of nitrogens with zero attached hydrogens (tertiary/aromatic N) is 1. The Morgan fingerprint density at radius 3 is 2.08 bits per heavy atom. The maximum atomic E-state index is 13.5. The molecule has 4 aliphatic carbocycles. The van der Waals surface area contributed by atoms with Gasteiger partial charge in [-0.15, -0.1) is 0 Å². The topological polar surface area (TPSA) is 86.9 Å². The third-order valence-corrected chi connectivity index (χ3v) is 9.50. The Hall–Kier alpha value is -3.35. The van der Waals surface area contributed by atoms with Crippen LogP contribution in [-0.2, 0) is 4.79 Å². The minimum Gasteiger partial charge on any atom is -0.338 e. The monoisotopic (exact) mass is 558 g/mol. The molecule has 1 heterocycles. The zero-order valence-corrected chi connectivity index (χ0v) is 22.8. The van der Waals surface area contributed by atoms with Crippen LogP contribution in [0.3, 0.4) is 0 Å². The van der Waals surface area contributed by atoms with E-state index in [2.05, 4.69) is 15.6 Å². The molecule has 4 bridgehead atoms. The maximum absolute atomic E-state index is 13.5. The molecule has 4 saturated carbocycles. The summed E-state index contributed by atoms with van der Waals surface area (Å²) in [5.41, 5.74) is 4.03. The van der Waals surface area contributed by atoms with Gasteiger partial charge in [0, 0.05) is 16.9 Å². The van der Waals surface area contributed by atoms with Gasteiger partial charge in [-0.05, 0) is 111 Å². The van der Waals surface area contributed by atoms with Gasteiger partial charge >= 0.3 is 0 Å². The number of amides is 2. The van der Waals surface area contributed by atoms with Crippen molar-refractivity contribution in [3.05, 3.63) is 76.3 Å². The van der Waals surface area contributed by atoms with Gasteiger partial charge < -0.3 is 15.6 Å². The van der Waals surface area contributed by atoms with Crippen LogP contribution in [0.15, 0.2) is 60.7 Å². The molecule has 0 spiro atoms. The normalized spacial score (nSPS) is 25.1. The van der Waals surface area contributed by atoms with Crippen LogP contribution in [0.5, 0.6) is 0 Å². The van der Waals surface area contributed by atoms with E-state index in [1.54, 1.807) is 18.2 Å². The molecule has 39 heavy (non-hydrogen) atoms. The molecule has 0 radical (unpaired) electrons. The molecule has 4 aromatic rings. The molecule has 6 nitrogen and oxygen atoms in total. The van der Waals surface area contributed by atoms with Gasteiger partial charge in [-0.3, -0.25) is 9.59 Å². The summed E-state index contributed by atoms with van der Waals surface area (Å²) in [6.45, 7) is 0. The van der Waals surface area contributed by atoms with Gasteiger partial charge in [0.15, 0.2) is 0 Å². The number of hydrogen-bond donors (Lipinski definition) is 3. The van der Waals surface area contributed by atoms with E-state index in [4.69, 9.17) is 28.2 Å². The van der Waals surface area contributed by atoms with Crippen LogP contribution in [0.2, 0.25) is 10.0 Å². The van der Waals surface area contributed by atoms with E-state index < -0.39 is 0 Å². The maximum Gasteiger partial charge on any atom is 0.258 e. The minimum atomic E-state index is -0.370. The van der Waals surface area contributed by atoms with Crippen molar-refractivity contribution in [1.29, 1.82) is 0 Å². The average Bonchev–Trinajstić information content (AvgIpc) is 3.32. The van der Waals surface area contributed by atoms with E-state index in [1.165, 1.54) is 19.3 Å². The largest absolute Gasteiger partial charge is 0.338 e. The van der Waals surface area contributed by atoms with Crippen molar-refractivity contribution in [2.45, 2.75) is 38.5 Å². The third kappa shape index (κ3) is 4.50. The molecule has 0 unspecified atom stereocenters. The number of carbonyl (C=O) groups excluding carboxylic acids is 2. The Labute approximate surface area is 236 Å². The standard InChI is InChI=1S/C31H28Cl2N4O2/c32-23-2-1-3-24(33)27(23)29(38)34-21-6-4-20(5-7-21)28-36-25-9-8-22(13-26(25)37-28)35-30(39)31-14-17-10-18(15-31)12-19(11-17)16-31/h1-9,13,17-19H,10-12,14-16H2,(H,34,38)(H,35,39)(H,36,37). The molecule has 3 aromatic carbocycles. The molecule has 8 rings (SSSR count). The molecule has 8 heteroatoms. The Kier molecular flexibility index (Phi) is 5.94. The molecule has 4 fully saturated rings. The zero-order valence-electron chi connectivity index (χ0n) is 21.3. The van der Waals surface area contributed by atoms with Crippen molar-refractivity contribution in [3.8, 4) is 11.4 Å². The Bertz CT molecular complexity index is 1560. The van der Waals surface area contributed by atoms with Crippen LogP contribution in [0.25, 0.3) is 22.4 Å². The van der Waals surface area contributed by atoms with Gasteiger partial charge in [-0.2, -0.15) is 0 Å². The second-order valence-corrected chi connectivity index (χ2v) is 12.4. The lowest BCUT2D eigenvalue weighted by Crippen LogP contribution is -2.51. The quantitative estimate of drug-likeness (QED) is 0.232. The summed E-state index contributed by atoms with van der Waals surface area (Å²) in [7, 11) is 0. The first-order valence-corrected chi connectivity index (χ1v) is 14.3. The minimum absolute atomic E-state index is 0.183. The van der Waals surface area contributed by atoms with Crippen LogP contribution < -0.4 is 10.6 Å². The number of fused-ring (bicyclic) bond motifs is 1. The van der Waals surface area contributed by atoms with Gasteiger partial charge in [-0.1, -0.05) is 29.3 Å². The van der Waals surface area contributed by atoms with Gasteiger partial charge in [0.1, 0.15) is 5.82 Å². The summed E-state index contributed by atoms with van der Waals surface area (Å²) >= 11 is 12.3. The van der Waals surface area contributed by atoms with Gasteiger partial charge in [0.2, 0.25) is 5.91 Å². The molecule has 0 atom stereocenters. The second-order valence-electron chi connectivity index (χ2n) is 11.6. The second kappa shape index (κ2) is 9.39. The molecule has 2 amide bonds. The van der Waals surface area contributed by atoms with Crippen molar-refractivity contribution >= 4 is 57.4 Å². The van der Waals surface area contributed by atoms with Crippen molar-refractivity contribution in [2.24, 2.45) is 23.2 Å². The molecule has 198 valence electrons. The SMILES string of the molecule is O=C(Nc1ccc(-c2nc3ccc(NC(=O)C45CC6CC(CC(C6)C4)C5)cc3[nH]2)cc1)c1c(Cl)cccc1Cl. The third-order valence-electron chi connectivity index (χ3n) is 8.87.